The standard InChI is InChI=1S/C9H7ClN2O3/c10-4-1-2-5-8(7(4)9(14)15)11-3-6(13)12-5/h1-2,11H,3H2,(H,12,13)(H,14,15). The van der Waals surface area contributed by atoms with E-state index in [1.807, 2.05) is 0 Å². The van der Waals surface area contributed by atoms with Gasteiger partial charge in [0.1, 0.15) is 5.56 Å². The van der Waals surface area contributed by atoms with E-state index in [1.54, 1.807) is 6.07 Å². The van der Waals surface area contributed by atoms with Gasteiger partial charge >= 0.3 is 5.97 Å². The van der Waals surface area contributed by atoms with Crippen molar-refractivity contribution in [3.8, 4) is 0 Å². The molecule has 15 heavy (non-hydrogen) atoms. The molecule has 1 aliphatic heterocycles. The molecule has 0 saturated carbocycles. The van der Waals surface area contributed by atoms with Gasteiger partial charge in [0.05, 0.1) is 22.9 Å². The molecule has 0 bridgehead atoms. The normalized spacial score (nSPS) is 13.8. The van der Waals surface area contributed by atoms with Crippen molar-refractivity contribution in [3.05, 3.63) is 22.7 Å². The van der Waals surface area contributed by atoms with Gasteiger partial charge in [-0.15, -0.1) is 0 Å². The van der Waals surface area contributed by atoms with E-state index in [0.717, 1.165) is 0 Å². The number of carboxylic acids is 1. The highest BCUT2D eigenvalue weighted by Crippen LogP contribution is 2.33. The number of halogens is 1. The summed E-state index contributed by atoms with van der Waals surface area (Å²) in [6, 6.07) is 3.01. The molecule has 0 radical (unpaired) electrons. The third-order valence-corrected chi connectivity index (χ3v) is 2.38. The van der Waals surface area contributed by atoms with Crippen molar-refractivity contribution in [1.29, 1.82) is 0 Å². The molecule has 0 aromatic heterocycles. The van der Waals surface area contributed by atoms with Gasteiger partial charge < -0.3 is 15.7 Å². The summed E-state index contributed by atoms with van der Waals surface area (Å²) in [5, 5.41) is 14.4. The summed E-state index contributed by atoms with van der Waals surface area (Å²) in [6.07, 6.45) is 0. The fraction of sp³-hybridized carbons (Fsp3) is 0.111. The van der Waals surface area contributed by atoms with Crippen molar-refractivity contribution in [2.45, 2.75) is 0 Å². The third-order valence-electron chi connectivity index (χ3n) is 2.07. The number of carbonyl (C=O) groups excluding carboxylic acids is 1. The lowest BCUT2D eigenvalue weighted by molar-refractivity contribution is -0.114. The van der Waals surface area contributed by atoms with Crippen LogP contribution in [0.15, 0.2) is 12.1 Å². The molecule has 5 nitrogen and oxygen atoms in total. The number of amides is 1. The van der Waals surface area contributed by atoms with Gasteiger partial charge in [-0.2, -0.15) is 0 Å². The third kappa shape index (κ3) is 1.61. The second kappa shape index (κ2) is 3.43. The molecule has 2 rings (SSSR count). The number of carbonyl (C=O) groups is 2. The van der Waals surface area contributed by atoms with Gasteiger partial charge in [-0.05, 0) is 12.1 Å². The molecule has 0 atom stereocenters. The summed E-state index contributed by atoms with van der Waals surface area (Å²) in [7, 11) is 0. The SMILES string of the molecule is O=C1CNc2c(ccc(Cl)c2C(=O)O)N1. The first-order chi connectivity index (χ1) is 7.09. The van der Waals surface area contributed by atoms with E-state index in [-0.39, 0.29) is 23.0 Å². The molecule has 0 unspecified atom stereocenters. The fourth-order valence-electron chi connectivity index (χ4n) is 1.44. The number of rotatable bonds is 1. The van der Waals surface area contributed by atoms with Crippen LogP contribution in [-0.4, -0.2) is 23.5 Å². The number of aromatic carboxylic acids is 1. The first-order valence-corrected chi connectivity index (χ1v) is 4.57. The second-order valence-electron chi connectivity index (χ2n) is 3.05. The molecule has 1 aliphatic rings. The zero-order valence-electron chi connectivity index (χ0n) is 7.50. The predicted molar refractivity (Wildman–Crippen MR) is 55.5 cm³/mol. The monoisotopic (exact) mass is 226 g/mol. The molecule has 78 valence electrons. The Bertz CT molecular complexity index is 459. The van der Waals surface area contributed by atoms with Crippen LogP contribution in [0.4, 0.5) is 11.4 Å². The van der Waals surface area contributed by atoms with Crippen LogP contribution in [0.3, 0.4) is 0 Å². The van der Waals surface area contributed by atoms with Gasteiger partial charge in [-0.1, -0.05) is 11.6 Å². The zero-order valence-corrected chi connectivity index (χ0v) is 8.26. The van der Waals surface area contributed by atoms with Crippen molar-refractivity contribution >= 4 is 34.9 Å². The fourth-order valence-corrected chi connectivity index (χ4v) is 1.68. The first kappa shape index (κ1) is 9.79. The van der Waals surface area contributed by atoms with Crippen molar-refractivity contribution in [2.75, 3.05) is 17.2 Å². The molecule has 3 N–H and O–H groups in total. The van der Waals surface area contributed by atoms with Gasteiger partial charge in [0.2, 0.25) is 5.91 Å². The number of fused-ring (bicyclic) bond motifs is 1. The lowest BCUT2D eigenvalue weighted by Crippen LogP contribution is -2.28. The number of hydrogen-bond donors (Lipinski definition) is 3. The van der Waals surface area contributed by atoms with Crippen LogP contribution in [0.5, 0.6) is 0 Å². The molecule has 0 fully saturated rings. The molecule has 1 heterocycles. The largest absolute Gasteiger partial charge is 0.478 e. The Hall–Kier alpha value is -1.75. The molecule has 1 aromatic rings. The van der Waals surface area contributed by atoms with Crippen molar-refractivity contribution in [2.24, 2.45) is 0 Å². The smallest absolute Gasteiger partial charge is 0.339 e. The van der Waals surface area contributed by atoms with E-state index >= 15 is 0 Å². The second-order valence-corrected chi connectivity index (χ2v) is 3.46. The summed E-state index contributed by atoms with van der Waals surface area (Å²) < 4.78 is 0. The Kier molecular flexibility index (Phi) is 2.24. The van der Waals surface area contributed by atoms with Gasteiger partial charge in [0.15, 0.2) is 0 Å². The number of anilines is 2. The summed E-state index contributed by atoms with van der Waals surface area (Å²) in [5.74, 6) is -1.33. The summed E-state index contributed by atoms with van der Waals surface area (Å²) in [6.45, 7) is 0.0492. The Balaban J connectivity index is 2.60. The van der Waals surface area contributed by atoms with Crippen LogP contribution in [0.2, 0.25) is 5.02 Å². The number of hydrogen-bond acceptors (Lipinski definition) is 3. The Morgan fingerprint density at radius 2 is 2.20 bits per heavy atom. The van der Waals surface area contributed by atoms with E-state index < -0.39 is 5.97 Å². The van der Waals surface area contributed by atoms with Crippen LogP contribution in [0, 0.1) is 0 Å². The van der Waals surface area contributed by atoms with Crippen molar-refractivity contribution in [1.82, 2.24) is 0 Å². The number of nitrogens with one attached hydrogen (secondary N) is 2. The topological polar surface area (TPSA) is 78.4 Å². The summed E-state index contributed by atoms with van der Waals surface area (Å²) in [4.78, 5) is 22.0. The highest BCUT2D eigenvalue weighted by atomic mass is 35.5. The van der Waals surface area contributed by atoms with Gasteiger partial charge in [0.25, 0.3) is 0 Å². The maximum Gasteiger partial charge on any atom is 0.339 e. The lowest BCUT2D eigenvalue weighted by Gasteiger charge is -2.20. The highest BCUT2D eigenvalue weighted by Gasteiger charge is 2.22. The quantitative estimate of drug-likeness (QED) is 0.676. The van der Waals surface area contributed by atoms with Gasteiger partial charge in [0, 0.05) is 0 Å². The van der Waals surface area contributed by atoms with Gasteiger partial charge in [-0.3, -0.25) is 4.79 Å². The molecule has 0 aliphatic carbocycles. The molecular weight excluding hydrogens is 220 g/mol. The molecule has 1 aromatic carbocycles. The van der Waals surface area contributed by atoms with Crippen LogP contribution in [-0.2, 0) is 4.79 Å². The highest BCUT2D eigenvalue weighted by molar-refractivity contribution is 6.34. The van der Waals surface area contributed by atoms with Crippen LogP contribution in [0.1, 0.15) is 10.4 Å². The molecule has 0 saturated heterocycles. The number of carboxylic acid groups (broad SMARTS) is 1. The van der Waals surface area contributed by atoms with E-state index in [2.05, 4.69) is 10.6 Å². The predicted octanol–water partition coefficient (Wildman–Crippen LogP) is 1.40. The Morgan fingerprint density at radius 1 is 1.47 bits per heavy atom. The van der Waals surface area contributed by atoms with Gasteiger partial charge in [-0.25, -0.2) is 4.79 Å². The summed E-state index contributed by atoms with van der Waals surface area (Å²) >= 11 is 5.76. The average Bonchev–Trinajstić information content (AvgIpc) is 2.17. The zero-order chi connectivity index (χ0) is 11.0. The molecule has 6 heteroatoms. The molecule has 0 spiro atoms. The molecule has 1 amide bonds. The Morgan fingerprint density at radius 3 is 2.87 bits per heavy atom. The minimum absolute atomic E-state index is 0.0193. The summed E-state index contributed by atoms with van der Waals surface area (Å²) in [5.41, 5.74) is 0.775. The minimum Gasteiger partial charge on any atom is -0.478 e. The van der Waals surface area contributed by atoms with E-state index in [0.29, 0.717) is 11.4 Å². The lowest BCUT2D eigenvalue weighted by atomic mass is 10.1. The van der Waals surface area contributed by atoms with E-state index in [9.17, 15) is 9.59 Å². The maximum absolute atomic E-state index is 11.0. The van der Waals surface area contributed by atoms with Crippen LogP contribution >= 0.6 is 11.6 Å². The molecular formula is C9H7ClN2O3. The van der Waals surface area contributed by atoms with Crippen molar-refractivity contribution in [3.63, 3.8) is 0 Å². The van der Waals surface area contributed by atoms with Crippen LogP contribution < -0.4 is 10.6 Å². The maximum atomic E-state index is 11.0. The van der Waals surface area contributed by atoms with E-state index in [1.165, 1.54) is 6.07 Å². The Labute approximate surface area is 90.0 Å². The van der Waals surface area contributed by atoms with Crippen LogP contribution in [0.25, 0.3) is 0 Å². The number of benzene rings is 1. The minimum atomic E-state index is -1.12. The van der Waals surface area contributed by atoms with Crippen molar-refractivity contribution < 1.29 is 14.7 Å². The van der Waals surface area contributed by atoms with E-state index in [4.69, 9.17) is 16.7 Å². The average molecular weight is 227 g/mol. The first-order valence-electron chi connectivity index (χ1n) is 4.19.